The Kier molecular flexibility index (Phi) is 11.5. The molecule has 0 aromatic heterocycles. The number of nitrogens with two attached hydrogens (primary N) is 6. The van der Waals surface area contributed by atoms with Crippen LogP contribution in [-0.4, -0.2) is 165 Å². The lowest BCUT2D eigenvalue weighted by molar-refractivity contribution is -0.306. The summed E-state index contributed by atoms with van der Waals surface area (Å²) in [7, 11) is 0. The van der Waals surface area contributed by atoms with E-state index in [1.165, 1.54) is 0 Å². The summed E-state index contributed by atoms with van der Waals surface area (Å²) < 4.78 is 29.4. The summed E-state index contributed by atoms with van der Waals surface area (Å²) in [6.45, 7) is -0.679. The van der Waals surface area contributed by atoms with Crippen molar-refractivity contribution in [3.05, 3.63) is 0 Å². The van der Waals surface area contributed by atoms with Crippen LogP contribution in [0.25, 0.3) is 0 Å². The zero-order valence-electron chi connectivity index (χ0n) is 23.1. The van der Waals surface area contributed by atoms with Gasteiger partial charge in [0.25, 0.3) is 0 Å². The molecular weight excluding hydrogens is 564 g/mol. The standard InChI is InChI=1S/C24H48N6O12/c25-3-6-1-9(12(29)17(35)14(6)32)38-21-11(5-31)40-24(19(21)37)42-22-15(33)7(27)2-8(28)20(22)41-23-13(30)18(36)16(34)10(4-26)39-23/h6-24,31-37H,1-5,25-30H2. The number of ether oxygens (including phenoxy) is 5. The van der Waals surface area contributed by atoms with E-state index in [2.05, 4.69) is 0 Å². The monoisotopic (exact) mass is 612 g/mol. The molecule has 0 spiro atoms. The molecule has 19 N–H and O–H groups in total. The minimum atomic E-state index is -1.52. The van der Waals surface area contributed by atoms with Crippen LogP contribution in [0.15, 0.2) is 0 Å². The second-order valence-corrected chi connectivity index (χ2v) is 11.7. The number of rotatable bonds is 9. The average molecular weight is 613 g/mol. The van der Waals surface area contributed by atoms with Gasteiger partial charge < -0.3 is 93.8 Å². The second-order valence-electron chi connectivity index (χ2n) is 11.7. The van der Waals surface area contributed by atoms with Crippen molar-refractivity contribution in [3.63, 3.8) is 0 Å². The van der Waals surface area contributed by atoms with Gasteiger partial charge in [-0.05, 0) is 19.4 Å². The first-order valence-electron chi connectivity index (χ1n) is 14.2. The summed E-state index contributed by atoms with van der Waals surface area (Å²) in [5, 5.41) is 73.3. The van der Waals surface area contributed by atoms with E-state index in [0.717, 1.165) is 0 Å². The predicted molar refractivity (Wildman–Crippen MR) is 142 cm³/mol. The fraction of sp³-hybridized carbons (Fsp3) is 1.00. The van der Waals surface area contributed by atoms with E-state index >= 15 is 0 Å². The Labute approximate surface area is 242 Å². The summed E-state index contributed by atoms with van der Waals surface area (Å²) in [5.74, 6) is -0.519. The smallest absolute Gasteiger partial charge is 0.187 e. The third-order valence-electron chi connectivity index (χ3n) is 8.93. The molecule has 19 atom stereocenters. The normalized spacial score (nSPS) is 53.8. The SMILES string of the molecule is NCC1CC(OC2C(CO)OC(OC3C(O)C(N)CC(N)C3OC3OC(CN)C(O)C(O)C3N)C2O)C(N)C(O)C1O. The molecule has 18 heteroatoms. The number of hydrogen-bond acceptors (Lipinski definition) is 18. The predicted octanol–water partition coefficient (Wildman–Crippen LogP) is -8.23. The lowest BCUT2D eigenvalue weighted by Gasteiger charge is -2.47. The van der Waals surface area contributed by atoms with E-state index in [1.807, 2.05) is 0 Å². The maximum atomic E-state index is 11.2. The highest BCUT2D eigenvalue weighted by Gasteiger charge is 2.54. The molecule has 4 fully saturated rings. The molecule has 2 heterocycles. The zero-order valence-corrected chi connectivity index (χ0v) is 23.1. The largest absolute Gasteiger partial charge is 0.394 e. The lowest BCUT2D eigenvalue weighted by Crippen LogP contribution is -2.68. The molecule has 0 aromatic rings. The average Bonchev–Trinajstić information content (AvgIpc) is 3.27. The van der Waals surface area contributed by atoms with Crippen LogP contribution in [0.4, 0.5) is 0 Å². The van der Waals surface area contributed by atoms with Crippen LogP contribution in [0.1, 0.15) is 12.8 Å². The summed E-state index contributed by atoms with van der Waals surface area (Å²) in [5.41, 5.74) is 35.9. The Morgan fingerprint density at radius 3 is 1.81 bits per heavy atom. The van der Waals surface area contributed by atoms with Crippen LogP contribution in [0, 0.1) is 5.92 Å². The van der Waals surface area contributed by atoms with Gasteiger partial charge in [0.1, 0.15) is 48.8 Å². The molecule has 0 radical (unpaired) electrons. The molecule has 2 aliphatic carbocycles. The minimum Gasteiger partial charge on any atom is -0.394 e. The Morgan fingerprint density at radius 1 is 0.571 bits per heavy atom. The molecule has 0 aromatic carbocycles. The molecule has 2 aliphatic heterocycles. The lowest BCUT2D eigenvalue weighted by atomic mass is 9.79. The van der Waals surface area contributed by atoms with Crippen molar-refractivity contribution in [2.75, 3.05) is 19.7 Å². The third-order valence-corrected chi connectivity index (χ3v) is 8.93. The van der Waals surface area contributed by atoms with Gasteiger partial charge in [0.2, 0.25) is 0 Å². The number of hydrogen-bond donors (Lipinski definition) is 13. The molecule has 19 unspecified atom stereocenters. The Morgan fingerprint density at radius 2 is 1.19 bits per heavy atom. The van der Waals surface area contributed by atoms with E-state index in [1.54, 1.807) is 0 Å². The zero-order chi connectivity index (χ0) is 31.0. The summed E-state index contributed by atoms with van der Waals surface area (Å²) in [4.78, 5) is 0. The van der Waals surface area contributed by atoms with Gasteiger partial charge in [0.05, 0.1) is 43.1 Å². The minimum absolute atomic E-state index is 0.0571. The number of aliphatic hydroxyl groups excluding tert-OH is 7. The van der Waals surface area contributed by atoms with Gasteiger partial charge in [-0.3, -0.25) is 0 Å². The van der Waals surface area contributed by atoms with Crippen molar-refractivity contribution < 1.29 is 59.4 Å². The molecule has 4 aliphatic rings. The van der Waals surface area contributed by atoms with E-state index in [-0.39, 0.29) is 25.9 Å². The van der Waals surface area contributed by atoms with Crippen LogP contribution in [0.3, 0.4) is 0 Å². The molecule has 4 rings (SSSR count). The van der Waals surface area contributed by atoms with Gasteiger partial charge in [0, 0.05) is 24.5 Å². The summed E-state index contributed by atoms with van der Waals surface area (Å²) in [6, 6.07) is -3.91. The summed E-state index contributed by atoms with van der Waals surface area (Å²) >= 11 is 0. The van der Waals surface area contributed by atoms with Crippen molar-refractivity contribution in [1.82, 2.24) is 0 Å². The van der Waals surface area contributed by atoms with Crippen LogP contribution in [0.5, 0.6) is 0 Å². The van der Waals surface area contributed by atoms with E-state index in [0.29, 0.717) is 0 Å². The molecule has 0 amide bonds. The highest BCUT2D eigenvalue weighted by atomic mass is 16.7. The fourth-order valence-corrected chi connectivity index (χ4v) is 6.22. The molecular formula is C24H48N6O12. The van der Waals surface area contributed by atoms with E-state index in [4.69, 9.17) is 58.1 Å². The van der Waals surface area contributed by atoms with Crippen LogP contribution in [-0.2, 0) is 23.7 Å². The van der Waals surface area contributed by atoms with Gasteiger partial charge in [-0.1, -0.05) is 0 Å². The van der Waals surface area contributed by atoms with Crippen LogP contribution < -0.4 is 34.4 Å². The highest BCUT2D eigenvalue weighted by Crippen LogP contribution is 2.35. The highest BCUT2D eigenvalue weighted by molar-refractivity contribution is 5.02. The third kappa shape index (κ3) is 6.62. The Bertz CT molecular complexity index is 867. The van der Waals surface area contributed by atoms with E-state index in [9.17, 15) is 35.7 Å². The molecule has 42 heavy (non-hydrogen) atoms. The first-order chi connectivity index (χ1) is 19.8. The van der Waals surface area contributed by atoms with Crippen LogP contribution >= 0.6 is 0 Å². The van der Waals surface area contributed by atoms with Crippen molar-refractivity contribution >= 4 is 0 Å². The molecule has 18 nitrogen and oxygen atoms in total. The summed E-state index contributed by atoms with van der Waals surface area (Å²) in [6.07, 6.45) is -17.2. The Hall–Kier alpha value is -0.720. The maximum Gasteiger partial charge on any atom is 0.187 e. The van der Waals surface area contributed by atoms with Crippen LogP contribution in [0.2, 0.25) is 0 Å². The first kappa shape index (κ1) is 34.2. The number of aliphatic hydroxyl groups is 7. The van der Waals surface area contributed by atoms with Gasteiger partial charge in [-0.25, -0.2) is 0 Å². The van der Waals surface area contributed by atoms with E-state index < -0.39 is 123 Å². The Balaban J connectivity index is 1.50. The topological polar surface area (TPSA) is 344 Å². The quantitative estimate of drug-likeness (QED) is 0.115. The molecule has 2 saturated heterocycles. The molecule has 0 bridgehead atoms. The van der Waals surface area contributed by atoms with Gasteiger partial charge in [0.15, 0.2) is 12.6 Å². The van der Waals surface area contributed by atoms with Gasteiger partial charge >= 0.3 is 0 Å². The second kappa shape index (κ2) is 14.1. The van der Waals surface area contributed by atoms with Crippen molar-refractivity contribution in [1.29, 1.82) is 0 Å². The van der Waals surface area contributed by atoms with Crippen molar-refractivity contribution in [2.24, 2.45) is 40.3 Å². The maximum absolute atomic E-state index is 11.2. The molecule has 2 saturated carbocycles. The molecule has 246 valence electrons. The van der Waals surface area contributed by atoms with Crippen molar-refractivity contribution in [2.45, 2.75) is 123 Å². The first-order valence-corrected chi connectivity index (χ1v) is 14.2. The van der Waals surface area contributed by atoms with Crippen molar-refractivity contribution in [3.8, 4) is 0 Å². The fourth-order valence-electron chi connectivity index (χ4n) is 6.22. The van der Waals surface area contributed by atoms with Gasteiger partial charge in [-0.2, -0.15) is 0 Å². The van der Waals surface area contributed by atoms with Gasteiger partial charge in [-0.15, -0.1) is 0 Å².